The van der Waals surface area contributed by atoms with Crippen LogP contribution in [0.3, 0.4) is 0 Å². The highest BCUT2D eigenvalue weighted by molar-refractivity contribution is 7.53. The lowest BCUT2D eigenvalue weighted by Gasteiger charge is -2.52. The number of benzene rings is 1. The van der Waals surface area contributed by atoms with Crippen molar-refractivity contribution in [2.75, 3.05) is 0 Å². The Morgan fingerprint density at radius 3 is 2.00 bits per heavy atom. The van der Waals surface area contributed by atoms with Crippen LogP contribution in [-0.2, 0) is 15.4 Å². The standard InChI is InChI=1S/C16H23FN3O4P/c1-11(2)15(12(3)4,20-10-18-9-19-20)16(21,25(22,23)24)13-5-7-14(17)8-6-13/h5-12,21H,1-4H3,(H2,22,23,24). The third-order valence-electron chi connectivity index (χ3n) is 4.79. The molecule has 1 aromatic heterocycles. The van der Waals surface area contributed by atoms with Gasteiger partial charge in [-0.05, 0) is 29.5 Å². The van der Waals surface area contributed by atoms with Gasteiger partial charge in [-0.25, -0.2) is 14.1 Å². The van der Waals surface area contributed by atoms with E-state index in [2.05, 4.69) is 10.1 Å². The van der Waals surface area contributed by atoms with Gasteiger partial charge in [-0.1, -0.05) is 39.8 Å². The van der Waals surface area contributed by atoms with Crippen molar-refractivity contribution in [3.63, 3.8) is 0 Å². The first-order chi connectivity index (χ1) is 11.5. The van der Waals surface area contributed by atoms with E-state index in [9.17, 15) is 23.8 Å². The second-order valence-corrected chi connectivity index (χ2v) is 8.43. The third kappa shape index (κ3) is 2.83. The molecule has 0 aliphatic carbocycles. The van der Waals surface area contributed by atoms with Crippen molar-refractivity contribution in [3.8, 4) is 0 Å². The van der Waals surface area contributed by atoms with Crippen LogP contribution in [0.15, 0.2) is 36.9 Å². The van der Waals surface area contributed by atoms with Crippen molar-refractivity contribution in [3.05, 3.63) is 48.3 Å². The molecule has 0 spiro atoms. The number of halogens is 1. The molecule has 0 saturated heterocycles. The van der Waals surface area contributed by atoms with Gasteiger partial charge in [-0.15, -0.1) is 0 Å². The quantitative estimate of drug-likeness (QED) is 0.673. The molecular weight excluding hydrogens is 348 g/mol. The lowest BCUT2D eigenvalue weighted by Crippen LogP contribution is -2.60. The highest BCUT2D eigenvalue weighted by atomic mass is 31.2. The molecule has 7 nitrogen and oxygen atoms in total. The van der Waals surface area contributed by atoms with Crippen LogP contribution < -0.4 is 0 Å². The second-order valence-electron chi connectivity index (χ2n) is 6.70. The Hall–Kier alpha value is -1.60. The summed E-state index contributed by atoms with van der Waals surface area (Å²) >= 11 is 0. The molecule has 138 valence electrons. The Bertz CT molecular complexity index is 750. The molecule has 2 aromatic rings. The summed E-state index contributed by atoms with van der Waals surface area (Å²) in [5.41, 5.74) is -1.61. The third-order valence-corrected chi connectivity index (χ3v) is 6.24. The first kappa shape index (κ1) is 19.7. The number of aromatic nitrogens is 3. The van der Waals surface area contributed by atoms with Gasteiger partial charge in [0.2, 0.25) is 5.34 Å². The van der Waals surface area contributed by atoms with Crippen molar-refractivity contribution in [2.45, 2.75) is 38.6 Å². The summed E-state index contributed by atoms with van der Waals surface area (Å²) in [5.74, 6) is -1.47. The molecule has 1 unspecified atom stereocenters. The first-order valence-corrected chi connectivity index (χ1v) is 9.50. The molecule has 1 heterocycles. The van der Waals surface area contributed by atoms with Crippen molar-refractivity contribution in [1.82, 2.24) is 14.8 Å². The van der Waals surface area contributed by atoms with Crippen LogP contribution in [0.4, 0.5) is 4.39 Å². The van der Waals surface area contributed by atoms with Crippen LogP contribution in [-0.4, -0.2) is 29.7 Å². The molecule has 0 saturated carbocycles. The Morgan fingerprint density at radius 1 is 1.12 bits per heavy atom. The Kier molecular flexibility index (Phi) is 5.21. The van der Waals surface area contributed by atoms with Crippen molar-refractivity contribution < 1.29 is 23.8 Å². The van der Waals surface area contributed by atoms with E-state index in [4.69, 9.17) is 0 Å². The summed E-state index contributed by atoms with van der Waals surface area (Å²) in [6.45, 7) is 6.97. The monoisotopic (exact) mass is 371 g/mol. The molecule has 0 aliphatic heterocycles. The molecule has 1 aromatic carbocycles. The molecule has 2 rings (SSSR count). The van der Waals surface area contributed by atoms with Crippen LogP contribution >= 0.6 is 7.60 Å². The van der Waals surface area contributed by atoms with Crippen LogP contribution in [0.5, 0.6) is 0 Å². The predicted molar refractivity (Wildman–Crippen MR) is 90.0 cm³/mol. The van der Waals surface area contributed by atoms with Gasteiger partial charge >= 0.3 is 7.60 Å². The molecule has 9 heteroatoms. The number of rotatable bonds is 6. The van der Waals surface area contributed by atoms with Gasteiger partial charge in [-0.2, -0.15) is 5.10 Å². The van der Waals surface area contributed by atoms with Crippen molar-refractivity contribution >= 4 is 7.60 Å². The van der Waals surface area contributed by atoms with E-state index < -0.39 is 36.1 Å². The minimum atomic E-state index is -5.15. The zero-order chi connectivity index (χ0) is 19.0. The van der Waals surface area contributed by atoms with E-state index in [0.29, 0.717) is 0 Å². The van der Waals surface area contributed by atoms with Gasteiger partial charge in [0.25, 0.3) is 0 Å². The van der Waals surface area contributed by atoms with E-state index >= 15 is 0 Å². The molecule has 0 aliphatic rings. The van der Waals surface area contributed by atoms with Crippen LogP contribution in [0, 0.1) is 17.7 Å². The maximum absolute atomic E-state index is 13.4. The lowest BCUT2D eigenvalue weighted by atomic mass is 9.70. The van der Waals surface area contributed by atoms with E-state index in [1.807, 2.05) is 0 Å². The topological polar surface area (TPSA) is 108 Å². The van der Waals surface area contributed by atoms with Crippen molar-refractivity contribution in [1.29, 1.82) is 0 Å². The Balaban J connectivity index is 2.94. The fourth-order valence-electron chi connectivity index (χ4n) is 3.87. The fraction of sp³-hybridized carbons (Fsp3) is 0.500. The minimum Gasteiger partial charge on any atom is -0.371 e. The summed E-state index contributed by atoms with van der Waals surface area (Å²) in [4.78, 5) is 24.3. The summed E-state index contributed by atoms with van der Waals surface area (Å²) in [5, 5.41) is 13.0. The van der Waals surface area contributed by atoms with Crippen LogP contribution in [0.2, 0.25) is 0 Å². The van der Waals surface area contributed by atoms with E-state index in [0.717, 1.165) is 12.1 Å². The molecule has 1 atom stereocenters. The average molecular weight is 371 g/mol. The molecule has 0 amide bonds. The molecule has 0 fully saturated rings. The fourth-order valence-corrected chi connectivity index (χ4v) is 5.45. The first-order valence-electron chi connectivity index (χ1n) is 7.88. The van der Waals surface area contributed by atoms with Gasteiger partial charge in [0.1, 0.15) is 24.0 Å². The molecule has 3 N–H and O–H groups in total. The normalized spacial score (nSPS) is 15.6. The molecular formula is C16H23FN3O4P. The van der Waals surface area contributed by atoms with E-state index in [1.54, 1.807) is 27.7 Å². The van der Waals surface area contributed by atoms with Crippen LogP contribution in [0.1, 0.15) is 33.3 Å². The SMILES string of the molecule is CC(C)C(C(C)C)(n1cncn1)C(O)(c1ccc(F)cc1)P(=O)(O)O. The Morgan fingerprint density at radius 2 is 1.64 bits per heavy atom. The maximum atomic E-state index is 13.4. The molecule has 0 radical (unpaired) electrons. The summed E-state index contributed by atoms with van der Waals surface area (Å²) < 4.78 is 27.2. The summed E-state index contributed by atoms with van der Waals surface area (Å²) in [7, 11) is -5.15. The van der Waals surface area contributed by atoms with Gasteiger partial charge in [0.05, 0.1) is 0 Å². The number of aliphatic hydroxyl groups is 1. The number of hydrogen-bond acceptors (Lipinski definition) is 4. The summed E-state index contributed by atoms with van der Waals surface area (Å²) in [6.07, 6.45) is 2.56. The van der Waals surface area contributed by atoms with Gasteiger partial charge in [0.15, 0.2) is 0 Å². The number of hydrogen-bond donors (Lipinski definition) is 3. The van der Waals surface area contributed by atoms with Crippen LogP contribution in [0.25, 0.3) is 0 Å². The minimum absolute atomic E-state index is 0.0832. The molecule has 0 bridgehead atoms. The lowest BCUT2D eigenvalue weighted by molar-refractivity contribution is -0.0935. The Labute approximate surface area is 145 Å². The van der Waals surface area contributed by atoms with Crippen molar-refractivity contribution in [2.24, 2.45) is 11.8 Å². The highest BCUT2D eigenvalue weighted by Gasteiger charge is 2.66. The zero-order valence-corrected chi connectivity index (χ0v) is 15.4. The predicted octanol–water partition coefficient (Wildman–Crippen LogP) is 2.45. The highest BCUT2D eigenvalue weighted by Crippen LogP contribution is 2.66. The number of nitrogens with zero attached hydrogens (tertiary/aromatic N) is 3. The van der Waals surface area contributed by atoms with Gasteiger partial charge in [0, 0.05) is 0 Å². The van der Waals surface area contributed by atoms with E-state index in [-0.39, 0.29) is 5.56 Å². The maximum Gasteiger partial charge on any atom is 0.364 e. The summed E-state index contributed by atoms with van der Waals surface area (Å²) in [6, 6.07) is 4.49. The smallest absolute Gasteiger partial charge is 0.364 e. The largest absolute Gasteiger partial charge is 0.371 e. The second kappa shape index (κ2) is 6.61. The molecule has 25 heavy (non-hydrogen) atoms. The van der Waals surface area contributed by atoms with Gasteiger partial charge in [-0.3, -0.25) is 4.57 Å². The van der Waals surface area contributed by atoms with Gasteiger partial charge < -0.3 is 14.9 Å². The zero-order valence-electron chi connectivity index (χ0n) is 14.5. The van der Waals surface area contributed by atoms with E-state index in [1.165, 1.54) is 29.5 Å². The average Bonchev–Trinajstić information content (AvgIpc) is 3.00.